The molecule has 5 aliphatic rings. The fourth-order valence-electron chi connectivity index (χ4n) is 6.22. The summed E-state index contributed by atoms with van der Waals surface area (Å²) in [7, 11) is 0. The van der Waals surface area contributed by atoms with Gasteiger partial charge in [-0.1, -0.05) is 25.0 Å². The molecule has 6 heteroatoms. The summed E-state index contributed by atoms with van der Waals surface area (Å²) in [4.78, 5) is 12.2. The molecule has 0 aromatic heterocycles. The Morgan fingerprint density at radius 2 is 1.75 bits per heavy atom. The van der Waals surface area contributed by atoms with Gasteiger partial charge in [0.05, 0.1) is 6.10 Å². The molecule has 0 bridgehead atoms. The summed E-state index contributed by atoms with van der Waals surface area (Å²) in [6, 6.07) is 0. The molecule has 5 rings (SSSR count). The first kappa shape index (κ1) is 23.0. The standard InChI is InChI=1S/C26H40O6/c27-21-17-20-19(11-5-3-1-2-4-8-14-28-23-12-6-9-15-29-23)22(18-26(20)25(21)32-26)31-24-13-7-10-16-30-24/h5,11,19-20,22-25H,1-4,6-10,12-18H2/t19-,20?,22-,23?,24?,25-,26+/m1/s1. The Morgan fingerprint density at radius 1 is 0.969 bits per heavy atom. The van der Waals surface area contributed by atoms with Crippen LogP contribution in [0.1, 0.15) is 83.5 Å². The molecule has 3 heterocycles. The lowest BCUT2D eigenvalue weighted by Gasteiger charge is -2.29. The third-order valence-electron chi connectivity index (χ3n) is 8.01. The first-order valence-corrected chi connectivity index (χ1v) is 13.1. The largest absolute Gasteiger partial charge is 0.357 e. The van der Waals surface area contributed by atoms with Crippen molar-refractivity contribution < 1.29 is 28.5 Å². The zero-order valence-corrected chi connectivity index (χ0v) is 19.4. The van der Waals surface area contributed by atoms with Crippen LogP contribution in [0.4, 0.5) is 0 Å². The molecule has 0 aromatic carbocycles. The molecule has 180 valence electrons. The smallest absolute Gasteiger partial charge is 0.165 e. The van der Waals surface area contributed by atoms with E-state index in [-0.39, 0.29) is 42.2 Å². The van der Waals surface area contributed by atoms with Gasteiger partial charge in [-0.15, -0.1) is 0 Å². The summed E-state index contributed by atoms with van der Waals surface area (Å²) in [6.07, 6.45) is 18.5. The number of carbonyl (C=O) groups is 1. The predicted octanol–water partition coefficient (Wildman–Crippen LogP) is 4.69. The molecule has 7 atom stereocenters. The first-order valence-electron chi connectivity index (χ1n) is 13.1. The van der Waals surface area contributed by atoms with Gasteiger partial charge in [0.2, 0.25) is 0 Å². The predicted molar refractivity (Wildman–Crippen MR) is 119 cm³/mol. The second-order valence-corrected chi connectivity index (χ2v) is 10.3. The van der Waals surface area contributed by atoms with Crippen molar-refractivity contribution >= 4 is 5.78 Å². The number of ketones is 1. The second kappa shape index (κ2) is 10.6. The summed E-state index contributed by atoms with van der Waals surface area (Å²) >= 11 is 0. The van der Waals surface area contributed by atoms with Crippen molar-refractivity contribution in [3.63, 3.8) is 0 Å². The summed E-state index contributed by atoms with van der Waals surface area (Å²) in [5.74, 6) is 0.839. The summed E-state index contributed by atoms with van der Waals surface area (Å²) in [5, 5.41) is 0. The van der Waals surface area contributed by atoms with Gasteiger partial charge in [-0.25, -0.2) is 0 Å². The molecular weight excluding hydrogens is 408 g/mol. The van der Waals surface area contributed by atoms with Gasteiger partial charge in [0, 0.05) is 44.5 Å². The summed E-state index contributed by atoms with van der Waals surface area (Å²) < 4.78 is 29.6. The Morgan fingerprint density at radius 3 is 2.50 bits per heavy atom. The molecule has 3 aliphatic heterocycles. The van der Waals surface area contributed by atoms with E-state index in [0.717, 1.165) is 58.3 Å². The molecule has 0 amide bonds. The van der Waals surface area contributed by atoms with Gasteiger partial charge < -0.3 is 23.7 Å². The Hall–Kier alpha value is -0.790. The van der Waals surface area contributed by atoms with Crippen molar-refractivity contribution in [2.75, 3.05) is 19.8 Å². The molecular formula is C26H40O6. The van der Waals surface area contributed by atoms with Crippen LogP contribution in [0.2, 0.25) is 0 Å². The summed E-state index contributed by atoms with van der Waals surface area (Å²) in [5.41, 5.74) is -0.229. The Balaban J connectivity index is 1.03. The number of ether oxygens (including phenoxy) is 5. The van der Waals surface area contributed by atoms with E-state index >= 15 is 0 Å². The minimum absolute atomic E-state index is 0.0353. The van der Waals surface area contributed by atoms with Crippen LogP contribution in [0.5, 0.6) is 0 Å². The van der Waals surface area contributed by atoms with Crippen LogP contribution in [-0.4, -0.2) is 56.0 Å². The van der Waals surface area contributed by atoms with Gasteiger partial charge in [-0.2, -0.15) is 0 Å². The van der Waals surface area contributed by atoms with Crippen LogP contribution in [0, 0.1) is 11.8 Å². The van der Waals surface area contributed by atoms with Crippen molar-refractivity contribution in [1.29, 1.82) is 0 Å². The van der Waals surface area contributed by atoms with Crippen molar-refractivity contribution in [3.05, 3.63) is 12.2 Å². The number of unbranched alkanes of at least 4 members (excludes halogenated alkanes) is 4. The molecule has 0 radical (unpaired) electrons. The molecule has 1 spiro atoms. The van der Waals surface area contributed by atoms with Crippen molar-refractivity contribution in [3.8, 4) is 0 Å². The molecule has 32 heavy (non-hydrogen) atoms. The van der Waals surface area contributed by atoms with Gasteiger partial charge in [0.15, 0.2) is 18.4 Å². The van der Waals surface area contributed by atoms with E-state index in [1.807, 2.05) is 0 Å². The average Bonchev–Trinajstić information content (AvgIpc) is 3.39. The molecule has 3 saturated heterocycles. The molecule has 2 saturated carbocycles. The monoisotopic (exact) mass is 448 g/mol. The SMILES string of the molecule is O=C1CC2[C@@H](C=CCCCCCCOC3CCCCO3)[C@H](OC3CCCCO3)C[C@]23O[C@H]13. The lowest BCUT2D eigenvalue weighted by molar-refractivity contribution is -0.193. The minimum atomic E-state index is -0.229. The van der Waals surface area contributed by atoms with Gasteiger partial charge in [-0.05, 0) is 57.8 Å². The third-order valence-corrected chi connectivity index (χ3v) is 8.01. The van der Waals surface area contributed by atoms with Crippen LogP contribution in [0.25, 0.3) is 0 Å². The maximum atomic E-state index is 12.2. The number of carbonyl (C=O) groups excluding carboxylic acids is 1. The zero-order valence-electron chi connectivity index (χ0n) is 19.4. The highest BCUT2D eigenvalue weighted by Crippen LogP contribution is 2.63. The van der Waals surface area contributed by atoms with E-state index in [1.54, 1.807) is 0 Å². The molecule has 0 N–H and O–H groups in total. The Bertz CT molecular complexity index is 653. The van der Waals surface area contributed by atoms with E-state index in [4.69, 9.17) is 23.7 Å². The second-order valence-electron chi connectivity index (χ2n) is 10.3. The van der Waals surface area contributed by atoms with Crippen LogP contribution < -0.4 is 0 Å². The molecule has 2 aliphatic carbocycles. The molecule has 6 nitrogen and oxygen atoms in total. The van der Waals surface area contributed by atoms with E-state index in [9.17, 15) is 4.79 Å². The van der Waals surface area contributed by atoms with E-state index < -0.39 is 0 Å². The van der Waals surface area contributed by atoms with Gasteiger partial charge in [0.25, 0.3) is 0 Å². The highest BCUT2D eigenvalue weighted by atomic mass is 16.7. The fourth-order valence-corrected chi connectivity index (χ4v) is 6.22. The highest BCUT2D eigenvalue weighted by molar-refractivity contribution is 5.91. The van der Waals surface area contributed by atoms with Crippen molar-refractivity contribution in [1.82, 2.24) is 0 Å². The van der Waals surface area contributed by atoms with Gasteiger partial charge >= 0.3 is 0 Å². The molecule has 5 fully saturated rings. The summed E-state index contributed by atoms with van der Waals surface area (Å²) in [6.45, 7) is 2.45. The van der Waals surface area contributed by atoms with Crippen molar-refractivity contribution in [2.24, 2.45) is 11.8 Å². The first-order chi connectivity index (χ1) is 15.8. The lowest BCUT2D eigenvalue weighted by Crippen LogP contribution is -2.31. The third kappa shape index (κ3) is 5.15. The maximum absolute atomic E-state index is 12.2. The van der Waals surface area contributed by atoms with Gasteiger partial charge in [0.1, 0.15) is 11.7 Å². The van der Waals surface area contributed by atoms with E-state index in [2.05, 4.69) is 12.2 Å². The van der Waals surface area contributed by atoms with E-state index in [0.29, 0.717) is 12.2 Å². The van der Waals surface area contributed by atoms with Crippen LogP contribution in [0.3, 0.4) is 0 Å². The normalized spacial score (nSPS) is 41.2. The maximum Gasteiger partial charge on any atom is 0.165 e. The van der Waals surface area contributed by atoms with Crippen LogP contribution in [-0.2, 0) is 28.5 Å². The number of hydrogen-bond donors (Lipinski definition) is 0. The fraction of sp³-hybridized carbons (Fsp3) is 0.885. The number of rotatable bonds is 11. The topological polar surface area (TPSA) is 66.5 Å². The number of hydrogen-bond acceptors (Lipinski definition) is 6. The zero-order chi connectivity index (χ0) is 21.8. The Kier molecular flexibility index (Phi) is 7.64. The van der Waals surface area contributed by atoms with E-state index in [1.165, 1.54) is 38.5 Å². The minimum Gasteiger partial charge on any atom is -0.357 e. The van der Waals surface area contributed by atoms with Crippen LogP contribution in [0.15, 0.2) is 12.2 Å². The molecule has 0 aromatic rings. The van der Waals surface area contributed by atoms with Crippen LogP contribution >= 0.6 is 0 Å². The quantitative estimate of drug-likeness (QED) is 0.259. The number of epoxide rings is 1. The Labute approximate surface area is 192 Å². The number of Topliss-reactive ketones (excluding diaryl/α,β-unsaturated/α-hetero) is 1. The highest BCUT2D eigenvalue weighted by Gasteiger charge is 2.75. The van der Waals surface area contributed by atoms with Crippen molar-refractivity contribution in [2.45, 2.75) is 114 Å². The number of allylic oxidation sites excluding steroid dienone is 1. The molecule has 3 unspecified atom stereocenters. The van der Waals surface area contributed by atoms with Gasteiger partial charge in [-0.3, -0.25) is 4.79 Å². The average molecular weight is 449 g/mol. The lowest BCUT2D eigenvalue weighted by atomic mass is 9.89.